The van der Waals surface area contributed by atoms with Gasteiger partial charge in [0.1, 0.15) is 5.25 Å². The molecule has 2 heterocycles. The van der Waals surface area contributed by atoms with E-state index in [1.54, 1.807) is 29.7 Å². The number of carbonyl (C=O) groups is 1. The summed E-state index contributed by atoms with van der Waals surface area (Å²) in [4.78, 5) is 11.9. The number of nitrogen functional groups attached to an aromatic ring is 1. The van der Waals surface area contributed by atoms with E-state index in [0.29, 0.717) is 16.5 Å². The fourth-order valence-electron chi connectivity index (χ4n) is 1.55. The smallest absolute Gasteiger partial charge is 0.319 e. The van der Waals surface area contributed by atoms with Crippen LogP contribution < -0.4 is 5.73 Å². The zero-order valence-electron chi connectivity index (χ0n) is 11.7. The van der Waals surface area contributed by atoms with Crippen LogP contribution in [0.3, 0.4) is 0 Å². The van der Waals surface area contributed by atoms with Gasteiger partial charge in [0.05, 0.1) is 6.10 Å². The van der Waals surface area contributed by atoms with Gasteiger partial charge in [0, 0.05) is 11.9 Å². The van der Waals surface area contributed by atoms with E-state index in [-0.39, 0.29) is 17.3 Å². The molecule has 2 unspecified atom stereocenters. The van der Waals surface area contributed by atoms with Gasteiger partial charge in [-0.15, -0.1) is 10.2 Å². The molecule has 7 heteroatoms. The summed E-state index contributed by atoms with van der Waals surface area (Å²) in [5, 5.41) is 8.38. The highest BCUT2D eigenvalue weighted by atomic mass is 32.2. The number of hydrogen-bond donors (Lipinski definition) is 1. The number of carbonyl (C=O) groups excluding carboxylic acids is 1. The summed E-state index contributed by atoms with van der Waals surface area (Å²) in [6.07, 6.45) is 2.47. The summed E-state index contributed by atoms with van der Waals surface area (Å²) >= 11 is 1.31. The standard InChI is InChI=1S/C13H18N4O2S/c1-4-8(2)19-12(18)9(3)20-13-16-15-11-6-5-10(14)7-17(11)13/h5-9H,4,14H2,1-3H3. The van der Waals surface area contributed by atoms with Gasteiger partial charge in [0.25, 0.3) is 0 Å². The number of hydrogen-bond acceptors (Lipinski definition) is 6. The van der Waals surface area contributed by atoms with Crippen LogP contribution in [-0.4, -0.2) is 31.9 Å². The minimum Gasteiger partial charge on any atom is -0.462 e. The van der Waals surface area contributed by atoms with Crippen molar-refractivity contribution in [3.05, 3.63) is 18.3 Å². The first-order valence-electron chi connectivity index (χ1n) is 6.48. The van der Waals surface area contributed by atoms with Crippen LogP contribution in [0.4, 0.5) is 5.69 Å². The minimum absolute atomic E-state index is 0.0728. The van der Waals surface area contributed by atoms with Crippen molar-refractivity contribution < 1.29 is 9.53 Å². The third-order valence-corrected chi connectivity index (χ3v) is 3.94. The molecule has 0 spiro atoms. The highest BCUT2D eigenvalue weighted by Crippen LogP contribution is 2.24. The van der Waals surface area contributed by atoms with E-state index < -0.39 is 0 Å². The van der Waals surface area contributed by atoms with Crippen LogP contribution >= 0.6 is 11.8 Å². The Morgan fingerprint density at radius 2 is 2.20 bits per heavy atom. The van der Waals surface area contributed by atoms with Crippen molar-refractivity contribution in [1.82, 2.24) is 14.6 Å². The number of ether oxygens (including phenoxy) is 1. The molecule has 0 saturated carbocycles. The SMILES string of the molecule is CCC(C)OC(=O)C(C)Sc1nnc2ccc(N)cn12. The number of nitrogens with two attached hydrogens (primary N) is 1. The van der Waals surface area contributed by atoms with Gasteiger partial charge in [-0.25, -0.2) is 0 Å². The molecule has 6 nitrogen and oxygen atoms in total. The van der Waals surface area contributed by atoms with Crippen molar-refractivity contribution in [3.63, 3.8) is 0 Å². The first-order chi connectivity index (χ1) is 9.51. The van der Waals surface area contributed by atoms with E-state index in [1.165, 1.54) is 11.8 Å². The molecule has 0 amide bonds. The average molecular weight is 294 g/mol. The van der Waals surface area contributed by atoms with E-state index in [2.05, 4.69) is 10.2 Å². The second kappa shape index (κ2) is 6.13. The highest BCUT2D eigenvalue weighted by molar-refractivity contribution is 8.00. The maximum Gasteiger partial charge on any atom is 0.319 e. The van der Waals surface area contributed by atoms with Gasteiger partial charge in [-0.3, -0.25) is 9.20 Å². The van der Waals surface area contributed by atoms with Crippen molar-refractivity contribution >= 4 is 29.1 Å². The molecule has 0 saturated heterocycles. The quantitative estimate of drug-likeness (QED) is 0.672. The van der Waals surface area contributed by atoms with Crippen LogP contribution in [0.1, 0.15) is 27.2 Å². The van der Waals surface area contributed by atoms with Gasteiger partial charge in [0.15, 0.2) is 10.8 Å². The Kier molecular flexibility index (Phi) is 4.49. The van der Waals surface area contributed by atoms with E-state index >= 15 is 0 Å². The number of pyridine rings is 1. The van der Waals surface area contributed by atoms with Crippen molar-refractivity contribution in [1.29, 1.82) is 0 Å². The zero-order valence-corrected chi connectivity index (χ0v) is 12.6. The summed E-state index contributed by atoms with van der Waals surface area (Å²) < 4.78 is 7.07. The Hall–Kier alpha value is -1.76. The largest absolute Gasteiger partial charge is 0.462 e. The van der Waals surface area contributed by atoms with Crippen LogP contribution in [-0.2, 0) is 9.53 Å². The molecule has 108 valence electrons. The molecule has 2 aromatic heterocycles. The average Bonchev–Trinajstić information content (AvgIpc) is 2.81. The van der Waals surface area contributed by atoms with E-state index in [1.807, 2.05) is 13.8 Å². The molecule has 2 N–H and O–H groups in total. The van der Waals surface area contributed by atoms with Gasteiger partial charge >= 0.3 is 5.97 Å². The predicted octanol–water partition coefficient (Wildman–Crippen LogP) is 2.13. The second-order valence-electron chi connectivity index (χ2n) is 4.59. The molecular weight excluding hydrogens is 276 g/mol. The fraction of sp³-hybridized carbons (Fsp3) is 0.462. The molecule has 0 radical (unpaired) electrons. The fourth-order valence-corrected chi connectivity index (χ4v) is 2.37. The molecular formula is C13H18N4O2S. The first-order valence-corrected chi connectivity index (χ1v) is 7.36. The Labute approximate surface area is 121 Å². The number of rotatable bonds is 5. The third kappa shape index (κ3) is 3.22. The molecule has 0 bridgehead atoms. The van der Waals surface area contributed by atoms with E-state index in [4.69, 9.17) is 10.5 Å². The topological polar surface area (TPSA) is 82.5 Å². The Morgan fingerprint density at radius 3 is 2.90 bits per heavy atom. The van der Waals surface area contributed by atoms with Crippen LogP contribution in [0.25, 0.3) is 5.65 Å². The maximum atomic E-state index is 11.9. The predicted molar refractivity (Wildman–Crippen MR) is 78.6 cm³/mol. The number of aromatic nitrogens is 3. The number of nitrogens with zero attached hydrogens (tertiary/aromatic N) is 3. The molecule has 0 aliphatic carbocycles. The lowest BCUT2D eigenvalue weighted by molar-refractivity contribution is -0.147. The van der Waals surface area contributed by atoms with Crippen molar-refractivity contribution in [3.8, 4) is 0 Å². The van der Waals surface area contributed by atoms with Crippen molar-refractivity contribution in [2.24, 2.45) is 0 Å². The van der Waals surface area contributed by atoms with Gasteiger partial charge in [-0.2, -0.15) is 0 Å². The molecule has 2 rings (SSSR count). The lowest BCUT2D eigenvalue weighted by Crippen LogP contribution is -2.22. The monoisotopic (exact) mass is 294 g/mol. The normalized spacial score (nSPS) is 14.2. The van der Waals surface area contributed by atoms with Gasteiger partial charge in [0.2, 0.25) is 0 Å². The number of esters is 1. The van der Waals surface area contributed by atoms with Crippen LogP contribution in [0.5, 0.6) is 0 Å². The zero-order chi connectivity index (χ0) is 14.7. The Balaban J connectivity index is 2.11. The van der Waals surface area contributed by atoms with Crippen molar-refractivity contribution in [2.75, 3.05) is 5.73 Å². The summed E-state index contributed by atoms with van der Waals surface area (Å²) in [7, 11) is 0. The molecule has 0 aliphatic heterocycles. The molecule has 2 atom stereocenters. The molecule has 0 aliphatic rings. The Morgan fingerprint density at radius 1 is 1.45 bits per heavy atom. The molecule has 0 fully saturated rings. The molecule has 0 aromatic carbocycles. The summed E-state index contributed by atoms with van der Waals surface area (Å²) in [6, 6.07) is 3.55. The van der Waals surface area contributed by atoms with Gasteiger partial charge in [-0.05, 0) is 32.4 Å². The lowest BCUT2D eigenvalue weighted by atomic mass is 10.3. The number of fused-ring (bicyclic) bond motifs is 1. The number of thioether (sulfide) groups is 1. The van der Waals surface area contributed by atoms with Crippen LogP contribution in [0.2, 0.25) is 0 Å². The van der Waals surface area contributed by atoms with Crippen LogP contribution in [0, 0.1) is 0 Å². The minimum atomic E-state index is -0.349. The third-order valence-electron chi connectivity index (χ3n) is 2.90. The van der Waals surface area contributed by atoms with Gasteiger partial charge < -0.3 is 10.5 Å². The Bertz CT molecular complexity index is 613. The maximum absolute atomic E-state index is 11.9. The highest BCUT2D eigenvalue weighted by Gasteiger charge is 2.20. The van der Waals surface area contributed by atoms with E-state index in [0.717, 1.165) is 6.42 Å². The van der Waals surface area contributed by atoms with Crippen molar-refractivity contribution in [2.45, 2.75) is 43.7 Å². The van der Waals surface area contributed by atoms with E-state index in [9.17, 15) is 4.79 Å². The summed E-state index contributed by atoms with van der Waals surface area (Å²) in [6.45, 7) is 5.65. The van der Waals surface area contributed by atoms with Crippen LogP contribution in [0.15, 0.2) is 23.5 Å². The first kappa shape index (κ1) is 14.6. The lowest BCUT2D eigenvalue weighted by Gasteiger charge is -2.14. The second-order valence-corrected chi connectivity index (χ2v) is 5.90. The summed E-state index contributed by atoms with van der Waals surface area (Å²) in [5.41, 5.74) is 7.07. The molecule has 20 heavy (non-hydrogen) atoms. The summed E-state index contributed by atoms with van der Waals surface area (Å²) in [5.74, 6) is -0.245. The van der Waals surface area contributed by atoms with Gasteiger partial charge in [-0.1, -0.05) is 18.7 Å². The molecule has 2 aromatic rings. The number of anilines is 1.